The van der Waals surface area contributed by atoms with Crippen LogP contribution < -0.4 is 9.47 Å². The summed E-state index contributed by atoms with van der Waals surface area (Å²) in [6.07, 6.45) is 0. The smallest absolute Gasteiger partial charge is 0.119 e. The van der Waals surface area contributed by atoms with Gasteiger partial charge in [-0.2, -0.15) is 0 Å². The SMILES string of the molecule is Oc1cc(COc2ccccc2)cc(COc2ccccc2)c1. The molecular formula is C20H18O3. The van der Waals surface area contributed by atoms with Crippen LogP contribution in [0.3, 0.4) is 0 Å². The van der Waals surface area contributed by atoms with Crippen molar-refractivity contribution in [2.45, 2.75) is 13.2 Å². The van der Waals surface area contributed by atoms with E-state index in [0.717, 1.165) is 22.6 Å². The monoisotopic (exact) mass is 306 g/mol. The molecular weight excluding hydrogens is 288 g/mol. The Hall–Kier alpha value is -2.94. The molecule has 0 fully saturated rings. The van der Waals surface area contributed by atoms with Crippen molar-refractivity contribution in [1.29, 1.82) is 0 Å². The first-order valence-corrected chi connectivity index (χ1v) is 7.47. The van der Waals surface area contributed by atoms with Crippen LogP contribution in [0.25, 0.3) is 0 Å². The van der Waals surface area contributed by atoms with Crippen LogP contribution in [-0.2, 0) is 13.2 Å². The van der Waals surface area contributed by atoms with Gasteiger partial charge in [-0.1, -0.05) is 36.4 Å². The predicted molar refractivity (Wildman–Crippen MR) is 89.7 cm³/mol. The Morgan fingerprint density at radius 3 is 1.48 bits per heavy atom. The van der Waals surface area contributed by atoms with Crippen molar-refractivity contribution in [1.82, 2.24) is 0 Å². The summed E-state index contributed by atoms with van der Waals surface area (Å²) in [5, 5.41) is 9.88. The molecule has 0 aliphatic heterocycles. The molecule has 3 heteroatoms. The topological polar surface area (TPSA) is 38.7 Å². The molecule has 1 N–H and O–H groups in total. The lowest BCUT2D eigenvalue weighted by Gasteiger charge is -2.10. The Kier molecular flexibility index (Phi) is 4.79. The third-order valence-electron chi connectivity index (χ3n) is 3.33. The largest absolute Gasteiger partial charge is 0.508 e. The number of benzene rings is 3. The van der Waals surface area contributed by atoms with Crippen LogP contribution in [0.2, 0.25) is 0 Å². The molecule has 23 heavy (non-hydrogen) atoms. The highest BCUT2D eigenvalue weighted by atomic mass is 16.5. The van der Waals surface area contributed by atoms with Crippen molar-refractivity contribution in [3.8, 4) is 17.2 Å². The Morgan fingerprint density at radius 2 is 1.04 bits per heavy atom. The van der Waals surface area contributed by atoms with Crippen molar-refractivity contribution in [3.05, 3.63) is 90.0 Å². The van der Waals surface area contributed by atoms with Gasteiger partial charge in [0.2, 0.25) is 0 Å². The zero-order chi connectivity index (χ0) is 15.9. The van der Waals surface area contributed by atoms with Crippen LogP contribution in [0.15, 0.2) is 78.9 Å². The fourth-order valence-electron chi connectivity index (χ4n) is 2.28. The molecule has 0 atom stereocenters. The van der Waals surface area contributed by atoms with E-state index in [2.05, 4.69) is 0 Å². The third kappa shape index (κ3) is 4.51. The van der Waals surface area contributed by atoms with E-state index in [-0.39, 0.29) is 5.75 Å². The molecule has 0 aliphatic rings. The van der Waals surface area contributed by atoms with E-state index in [4.69, 9.17) is 9.47 Å². The Morgan fingerprint density at radius 1 is 0.609 bits per heavy atom. The van der Waals surface area contributed by atoms with Gasteiger partial charge in [0.05, 0.1) is 0 Å². The van der Waals surface area contributed by atoms with E-state index in [9.17, 15) is 5.11 Å². The molecule has 0 spiro atoms. The number of phenolic OH excluding ortho intramolecular Hbond substituents is 1. The molecule has 3 aromatic rings. The lowest BCUT2D eigenvalue weighted by atomic mass is 10.1. The maximum Gasteiger partial charge on any atom is 0.119 e. The normalized spacial score (nSPS) is 10.3. The van der Waals surface area contributed by atoms with E-state index >= 15 is 0 Å². The number of phenols is 1. The molecule has 0 aromatic heterocycles. The second-order valence-electron chi connectivity index (χ2n) is 5.21. The van der Waals surface area contributed by atoms with Gasteiger partial charge < -0.3 is 14.6 Å². The minimum absolute atomic E-state index is 0.214. The maximum absolute atomic E-state index is 9.88. The molecule has 0 heterocycles. The van der Waals surface area contributed by atoms with Crippen LogP contribution in [0, 0.1) is 0 Å². The Labute approximate surface area is 135 Å². The first-order chi connectivity index (χ1) is 11.3. The van der Waals surface area contributed by atoms with Gasteiger partial charge in [-0.05, 0) is 53.6 Å². The van der Waals surface area contributed by atoms with Gasteiger partial charge in [0.15, 0.2) is 0 Å². The lowest BCUT2D eigenvalue weighted by molar-refractivity contribution is 0.298. The lowest BCUT2D eigenvalue weighted by Crippen LogP contribution is -1.99. The fraction of sp³-hybridized carbons (Fsp3) is 0.100. The van der Waals surface area contributed by atoms with E-state index in [1.807, 2.05) is 66.7 Å². The average molecular weight is 306 g/mol. The molecule has 3 rings (SSSR count). The number of rotatable bonds is 6. The zero-order valence-electron chi connectivity index (χ0n) is 12.7. The van der Waals surface area contributed by atoms with Gasteiger partial charge in [-0.3, -0.25) is 0 Å². The highest BCUT2D eigenvalue weighted by Crippen LogP contribution is 2.20. The van der Waals surface area contributed by atoms with Crippen molar-refractivity contribution in [2.24, 2.45) is 0 Å². The summed E-state index contributed by atoms with van der Waals surface area (Å²) in [5.74, 6) is 1.82. The molecule has 0 amide bonds. The van der Waals surface area contributed by atoms with Gasteiger partial charge >= 0.3 is 0 Å². The first-order valence-electron chi connectivity index (χ1n) is 7.47. The average Bonchev–Trinajstić information content (AvgIpc) is 2.60. The summed E-state index contributed by atoms with van der Waals surface area (Å²) < 4.78 is 11.4. The summed E-state index contributed by atoms with van der Waals surface area (Å²) in [6, 6.07) is 24.6. The molecule has 0 aliphatic carbocycles. The van der Waals surface area contributed by atoms with Crippen molar-refractivity contribution in [2.75, 3.05) is 0 Å². The van der Waals surface area contributed by atoms with Crippen LogP contribution in [0.5, 0.6) is 17.2 Å². The second kappa shape index (κ2) is 7.36. The molecule has 116 valence electrons. The van der Waals surface area contributed by atoms with Gasteiger partial charge in [0.25, 0.3) is 0 Å². The fourth-order valence-corrected chi connectivity index (χ4v) is 2.28. The molecule has 0 saturated heterocycles. The predicted octanol–water partition coefficient (Wildman–Crippen LogP) is 4.55. The first kappa shape index (κ1) is 15.0. The molecule has 3 aromatic carbocycles. The highest BCUT2D eigenvalue weighted by molar-refractivity contribution is 5.34. The Bertz CT molecular complexity index is 678. The molecule has 0 saturated carbocycles. The van der Waals surface area contributed by atoms with Crippen LogP contribution >= 0.6 is 0 Å². The quantitative estimate of drug-likeness (QED) is 0.726. The number of aromatic hydroxyl groups is 1. The highest BCUT2D eigenvalue weighted by Gasteiger charge is 2.03. The van der Waals surface area contributed by atoms with Crippen LogP contribution in [-0.4, -0.2) is 5.11 Å². The summed E-state index contributed by atoms with van der Waals surface area (Å²) in [4.78, 5) is 0. The van der Waals surface area contributed by atoms with Gasteiger partial charge in [-0.15, -0.1) is 0 Å². The molecule has 0 radical (unpaired) electrons. The van der Waals surface area contributed by atoms with Crippen molar-refractivity contribution >= 4 is 0 Å². The van der Waals surface area contributed by atoms with Crippen LogP contribution in [0.1, 0.15) is 11.1 Å². The minimum atomic E-state index is 0.214. The number of hydrogen-bond acceptors (Lipinski definition) is 3. The Balaban J connectivity index is 1.64. The number of para-hydroxylation sites is 2. The van der Waals surface area contributed by atoms with Crippen molar-refractivity contribution in [3.63, 3.8) is 0 Å². The molecule has 3 nitrogen and oxygen atoms in total. The summed E-state index contributed by atoms with van der Waals surface area (Å²) in [6.45, 7) is 0.799. The van der Waals surface area contributed by atoms with E-state index in [1.165, 1.54) is 0 Å². The molecule has 0 bridgehead atoms. The van der Waals surface area contributed by atoms with Gasteiger partial charge in [-0.25, -0.2) is 0 Å². The van der Waals surface area contributed by atoms with Crippen molar-refractivity contribution < 1.29 is 14.6 Å². The van der Waals surface area contributed by atoms with Gasteiger partial charge in [0.1, 0.15) is 30.5 Å². The summed E-state index contributed by atoms with van der Waals surface area (Å²) in [5.41, 5.74) is 1.81. The van der Waals surface area contributed by atoms with E-state index in [1.54, 1.807) is 12.1 Å². The number of hydrogen-bond donors (Lipinski definition) is 1. The third-order valence-corrected chi connectivity index (χ3v) is 3.33. The summed E-state index contributed by atoms with van der Waals surface area (Å²) >= 11 is 0. The standard InChI is InChI=1S/C20H18O3/c21-18-12-16(14-22-19-7-3-1-4-8-19)11-17(13-18)15-23-20-9-5-2-6-10-20/h1-13,21H,14-15H2. The maximum atomic E-state index is 9.88. The minimum Gasteiger partial charge on any atom is -0.508 e. The zero-order valence-corrected chi connectivity index (χ0v) is 12.7. The van der Waals surface area contributed by atoms with Gasteiger partial charge in [0, 0.05) is 0 Å². The molecule has 0 unspecified atom stereocenters. The number of ether oxygens (including phenoxy) is 2. The second-order valence-corrected chi connectivity index (χ2v) is 5.21. The van der Waals surface area contributed by atoms with Crippen LogP contribution in [0.4, 0.5) is 0 Å². The van der Waals surface area contributed by atoms with E-state index < -0.39 is 0 Å². The summed E-state index contributed by atoms with van der Waals surface area (Å²) in [7, 11) is 0. The van der Waals surface area contributed by atoms with E-state index in [0.29, 0.717) is 13.2 Å².